The molecule has 0 aliphatic heterocycles. The van der Waals surface area contributed by atoms with Crippen molar-refractivity contribution in [1.82, 2.24) is 14.8 Å². The molecule has 6 heteroatoms. The molecule has 0 saturated heterocycles. The summed E-state index contributed by atoms with van der Waals surface area (Å²) in [6.45, 7) is 6.55. The molecule has 19 heavy (non-hydrogen) atoms. The van der Waals surface area contributed by atoms with Crippen molar-refractivity contribution < 1.29 is 4.74 Å². The zero-order valence-corrected chi connectivity index (χ0v) is 12.7. The van der Waals surface area contributed by atoms with Crippen LogP contribution in [0.4, 0.5) is 0 Å². The summed E-state index contributed by atoms with van der Waals surface area (Å²) in [6.07, 6.45) is 0. The van der Waals surface area contributed by atoms with Crippen molar-refractivity contribution >= 4 is 23.8 Å². The quantitative estimate of drug-likeness (QED) is 0.873. The number of hydrogen-bond acceptors (Lipinski definition) is 3. The minimum absolute atomic E-state index is 0.142. The number of rotatable bonds is 3. The van der Waals surface area contributed by atoms with Crippen LogP contribution in [-0.2, 0) is 12.1 Å². The molecule has 0 atom stereocenters. The van der Waals surface area contributed by atoms with Crippen molar-refractivity contribution in [3.63, 3.8) is 0 Å². The van der Waals surface area contributed by atoms with E-state index >= 15 is 0 Å². The number of benzene rings is 1. The summed E-state index contributed by atoms with van der Waals surface area (Å²) >= 11 is 11.2. The van der Waals surface area contributed by atoms with E-state index in [1.807, 2.05) is 16.7 Å². The standard InChI is InChI=1S/C13H16ClN3OS/c1-13(2,3)17-11(15-16-12(17)19)8-18-10-6-4-5-9(14)7-10/h4-7H,8H2,1-3H3,(H,16,19). The minimum Gasteiger partial charge on any atom is -0.486 e. The first-order valence-electron chi connectivity index (χ1n) is 5.93. The second kappa shape index (κ2) is 5.35. The van der Waals surface area contributed by atoms with Gasteiger partial charge in [-0.2, -0.15) is 5.10 Å². The van der Waals surface area contributed by atoms with Gasteiger partial charge in [0.05, 0.1) is 0 Å². The van der Waals surface area contributed by atoms with E-state index in [9.17, 15) is 0 Å². The highest BCUT2D eigenvalue weighted by atomic mass is 35.5. The second-order valence-electron chi connectivity index (χ2n) is 5.20. The van der Waals surface area contributed by atoms with E-state index in [-0.39, 0.29) is 5.54 Å². The summed E-state index contributed by atoms with van der Waals surface area (Å²) in [4.78, 5) is 0. The third-order valence-electron chi connectivity index (χ3n) is 2.58. The molecule has 0 radical (unpaired) electrons. The fourth-order valence-corrected chi connectivity index (χ4v) is 2.43. The van der Waals surface area contributed by atoms with Crippen molar-refractivity contribution in [3.05, 3.63) is 39.9 Å². The van der Waals surface area contributed by atoms with E-state index < -0.39 is 0 Å². The van der Waals surface area contributed by atoms with E-state index in [4.69, 9.17) is 28.6 Å². The van der Waals surface area contributed by atoms with Gasteiger partial charge in [0.1, 0.15) is 12.4 Å². The Bertz CT molecular complexity index is 627. The van der Waals surface area contributed by atoms with Crippen LogP contribution in [0.5, 0.6) is 5.75 Å². The molecule has 0 aliphatic rings. The Kier molecular flexibility index (Phi) is 3.96. The number of H-pyrrole nitrogens is 1. The lowest BCUT2D eigenvalue weighted by Gasteiger charge is -2.22. The maximum absolute atomic E-state index is 5.91. The molecule has 0 fully saturated rings. The zero-order chi connectivity index (χ0) is 14.0. The van der Waals surface area contributed by atoms with Gasteiger partial charge in [-0.25, -0.2) is 0 Å². The zero-order valence-electron chi connectivity index (χ0n) is 11.1. The molecule has 0 bridgehead atoms. The van der Waals surface area contributed by atoms with Gasteiger partial charge in [0.2, 0.25) is 0 Å². The topological polar surface area (TPSA) is 42.8 Å². The van der Waals surface area contributed by atoms with E-state index in [1.165, 1.54) is 0 Å². The Morgan fingerprint density at radius 1 is 1.42 bits per heavy atom. The summed E-state index contributed by atoms with van der Waals surface area (Å²) in [5, 5.41) is 7.65. The van der Waals surface area contributed by atoms with Gasteiger partial charge in [-0.05, 0) is 51.2 Å². The lowest BCUT2D eigenvalue weighted by molar-refractivity contribution is 0.270. The van der Waals surface area contributed by atoms with Gasteiger partial charge in [-0.15, -0.1) is 0 Å². The number of hydrogen-bond donors (Lipinski definition) is 1. The van der Waals surface area contributed by atoms with Crippen LogP contribution in [-0.4, -0.2) is 14.8 Å². The van der Waals surface area contributed by atoms with Gasteiger partial charge < -0.3 is 4.74 Å². The summed E-state index contributed by atoms with van der Waals surface area (Å²) in [7, 11) is 0. The third kappa shape index (κ3) is 3.36. The third-order valence-corrected chi connectivity index (χ3v) is 3.09. The maximum Gasteiger partial charge on any atom is 0.195 e. The van der Waals surface area contributed by atoms with Crippen LogP contribution in [0.1, 0.15) is 26.6 Å². The van der Waals surface area contributed by atoms with Crippen molar-refractivity contribution in [2.45, 2.75) is 32.9 Å². The Morgan fingerprint density at radius 2 is 2.16 bits per heavy atom. The lowest BCUT2D eigenvalue weighted by atomic mass is 10.1. The molecular weight excluding hydrogens is 282 g/mol. The molecule has 0 saturated carbocycles. The maximum atomic E-state index is 5.91. The van der Waals surface area contributed by atoms with E-state index in [2.05, 4.69) is 31.0 Å². The Balaban J connectivity index is 2.19. The van der Waals surface area contributed by atoms with Crippen molar-refractivity contribution in [2.75, 3.05) is 0 Å². The first-order chi connectivity index (χ1) is 8.88. The van der Waals surface area contributed by atoms with Gasteiger partial charge >= 0.3 is 0 Å². The molecule has 0 spiro atoms. The van der Waals surface area contributed by atoms with E-state index in [1.54, 1.807) is 12.1 Å². The van der Waals surface area contributed by atoms with Gasteiger partial charge in [0.15, 0.2) is 10.6 Å². The average molecular weight is 298 g/mol. The van der Waals surface area contributed by atoms with Crippen LogP contribution in [0.15, 0.2) is 24.3 Å². The number of aromatic nitrogens is 3. The highest BCUT2D eigenvalue weighted by Gasteiger charge is 2.19. The predicted molar refractivity (Wildman–Crippen MR) is 78.2 cm³/mol. The average Bonchev–Trinajstić information content (AvgIpc) is 2.67. The number of ether oxygens (including phenoxy) is 1. The smallest absolute Gasteiger partial charge is 0.195 e. The van der Waals surface area contributed by atoms with Crippen LogP contribution in [0, 0.1) is 4.77 Å². The van der Waals surface area contributed by atoms with Gasteiger partial charge in [-0.3, -0.25) is 9.67 Å². The fraction of sp³-hybridized carbons (Fsp3) is 0.385. The first kappa shape index (κ1) is 14.1. The Hall–Kier alpha value is -1.33. The molecule has 1 heterocycles. The molecule has 0 aliphatic carbocycles. The van der Waals surface area contributed by atoms with Crippen molar-refractivity contribution in [3.8, 4) is 5.75 Å². The van der Waals surface area contributed by atoms with Crippen LogP contribution < -0.4 is 4.74 Å². The van der Waals surface area contributed by atoms with Crippen molar-refractivity contribution in [1.29, 1.82) is 0 Å². The van der Waals surface area contributed by atoms with Gasteiger partial charge in [0.25, 0.3) is 0 Å². The summed E-state index contributed by atoms with van der Waals surface area (Å²) in [6, 6.07) is 7.27. The first-order valence-corrected chi connectivity index (χ1v) is 6.72. The highest BCUT2D eigenvalue weighted by molar-refractivity contribution is 7.71. The van der Waals surface area contributed by atoms with Crippen molar-refractivity contribution in [2.24, 2.45) is 0 Å². The van der Waals surface area contributed by atoms with Gasteiger partial charge in [0, 0.05) is 10.6 Å². The molecule has 1 aromatic heterocycles. The summed E-state index contributed by atoms with van der Waals surface area (Å²) < 4.78 is 8.23. The number of nitrogens with zero attached hydrogens (tertiary/aromatic N) is 2. The number of nitrogens with one attached hydrogen (secondary N) is 1. The largest absolute Gasteiger partial charge is 0.486 e. The summed E-state index contributed by atoms with van der Waals surface area (Å²) in [5.74, 6) is 1.47. The number of aromatic amines is 1. The monoisotopic (exact) mass is 297 g/mol. The fourth-order valence-electron chi connectivity index (χ4n) is 1.82. The molecular formula is C13H16ClN3OS. The molecule has 0 unspecified atom stereocenters. The molecule has 0 amide bonds. The van der Waals surface area contributed by atoms with Crippen LogP contribution in [0.3, 0.4) is 0 Å². The highest BCUT2D eigenvalue weighted by Crippen LogP contribution is 2.20. The Labute approximate surface area is 122 Å². The van der Waals surface area contributed by atoms with Crippen LogP contribution in [0.2, 0.25) is 5.02 Å². The lowest BCUT2D eigenvalue weighted by Crippen LogP contribution is -2.25. The molecule has 1 aromatic carbocycles. The molecule has 4 nitrogen and oxygen atoms in total. The predicted octanol–water partition coefficient (Wildman–Crippen LogP) is 3.93. The van der Waals surface area contributed by atoms with E-state index in [0.717, 1.165) is 5.82 Å². The normalized spacial score (nSPS) is 11.6. The minimum atomic E-state index is -0.142. The SMILES string of the molecule is CC(C)(C)n1c(COc2cccc(Cl)c2)n[nH]c1=S. The van der Waals surface area contributed by atoms with Crippen LogP contribution >= 0.6 is 23.8 Å². The Morgan fingerprint density at radius 3 is 2.79 bits per heavy atom. The molecule has 102 valence electrons. The molecule has 1 N–H and O–H groups in total. The van der Waals surface area contributed by atoms with E-state index in [0.29, 0.717) is 22.2 Å². The molecule has 2 aromatic rings. The summed E-state index contributed by atoms with van der Waals surface area (Å²) in [5.41, 5.74) is -0.142. The number of halogens is 1. The van der Waals surface area contributed by atoms with Gasteiger partial charge in [-0.1, -0.05) is 17.7 Å². The second-order valence-corrected chi connectivity index (χ2v) is 6.02. The molecule has 2 rings (SSSR count). The van der Waals surface area contributed by atoms with Crippen LogP contribution in [0.25, 0.3) is 0 Å².